The zero-order valence-electron chi connectivity index (χ0n) is 17.1. The number of nitrogens with one attached hydrogen (secondary N) is 1. The number of carbonyl (C=O) groups is 1. The minimum atomic E-state index is -0.381. The fourth-order valence-electron chi connectivity index (χ4n) is 3.83. The molecule has 0 bridgehead atoms. The number of hydrogen-bond donors (Lipinski definition) is 1. The number of amides is 1. The highest BCUT2D eigenvalue weighted by Gasteiger charge is 2.54. The number of nitrogens with zero attached hydrogens (tertiary/aromatic N) is 5. The molecule has 10 heteroatoms. The molecular formula is C21H21ClN6O3. The zero-order chi connectivity index (χ0) is 21.6. The van der Waals surface area contributed by atoms with Crippen molar-refractivity contribution in [2.24, 2.45) is 5.92 Å². The first-order valence-electron chi connectivity index (χ1n) is 10.1. The number of anilines is 2. The van der Waals surface area contributed by atoms with Crippen molar-refractivity contribution < 1.29 is 14.1 Å². The summed E-state index contributed by atoms with van der Waals surface area (Å²) in [7, 11) is 0. The normalized spacial score (nSPS) is 21.8. The largest absolute Gasteiger partial charge is 0.447 e. The van der Waals surface area contributed by atoms with Gasteiger partial charge >= 0.3 is 6.09 Å². The first-order valence-corrected chi connectivity index (χ1v) is 10.5. The Morgan fingerprint density at radius 2 is 2.00 bits per heavy atom. The second kappa shape index (κ2) is 7.49. The van der Waals surface area contributed by atoms with Crippen molar-refractivity contribution in [2.75, 3.05) is 16.8 Å². The quantitative estimate of drug-likeness (QED) is 0.598. The van der Waals surface area contributed by atoms with E-state index in [-0.39, 0.29) is 17.7 Å². The van der Waals surface area contributed by atoms with Crippen molar-refractivity contribution in [3.63, 3.8) is 0 Å². The smallest absolute Gasteiger partial charge is 0.416 e. The van der Waals surface area contributed by atoms with Crippen LogP contribution in [0.2, 0.25) is 5.02 Å². The number of rotatable bonds is 6. The molecule has 1 N–H and O–H groups in total. The van der Waals surface area contributed by atoms with Crippen LogP contribution < -0.4 is 10.2 Å². The zero-order valence-corrected chi connectivity index (χ0v) is 17.8. The summed E-state index contributed by atoms with van der Waals surface area (Å²) in [6.07, 6.45) is 3.41. The third-order valence-electron chi connectivity index (χ3n) is 5.77. The molecule has 1 amide bonds. The van der Waals surface area contributed by atoms with E-state index < -0.39 is 0 Å². The van der Waals surface area contributed by atoms with E-state index in [4.69, 9.17) is 20.9 Å². The van der Waals surface area contributed by atoms with Crippen LogP contribution in [0.15, 0.2) is 41.1 Å². The molecule has 2 atom stereocenters. The van der Waals surface area contributed by atoms with E-state index in [9.17, 15) is 4.79 Å². The van der Waals surface area contributed by atoms with Crippen LogP contribution in [0.3, 0.4) is 0 Å². The molecule has 1 saturated carbocycles. The van der Waals surface area contributed by atoms with E-state index in [0.717, 1.165) is 18.4 Å². The number of benzene rings is 1. The van der Waals surface area contributed by atoms with E-state index in [1.807, 2.05) is 26.0 Å². The second-order valence-electron chi connectivity index (χ2n) is 8.09. The van der Waals surface area contributed by atoms with E-state index in [1.54, 1.807) is 29.3 Å². The van der Waals surface area contributed by atoms with Gasteiger partial charge in [0.1, 0.15) is 18.5 Å². The Bertz CT molecular complexity index is 1120. The molecule has 0 unspecified atom stereocenters. The Labute approximate surface area is 183 Å². The molecule has 1 aromatic carbocycles. The van der Waals surface area contributed by atoms with Crippen molar-refractivity contribution in [1.29, 1.82) is 0 Å². The second-order valence-corrected chi connectivity index (χ2v) is 8.53. The third-order valence-corrected chi connectivity index (χ3v) is 6.02. The lowest BCUT2D eigenvalue weighted by atomic mass is 9.96. The summed E-state index contributed by atoms with van der Waals surface area (Å²) in [5.74, 6) is 2.15. The van der Waals surface area contributed by atoms with Crippen molar-refractivity contribution in [1.82, 2.24) is 20.1 Å². The van der Waals surface area contributed by atoms with Crippen LogP contribution in [0.5, 0.6) is 0 Å². The van der Waals surface area contributed by atoms with E-state index >= 15 is 0 Å². The number of halogens is 1. The Hall–Kier alpha value is -3.20. The average Bonchev–Trinajstić information content (AvgIpc) is 3.43. The van der Waals surface area contributed by atoms with Crippen LogP contribution in [0.25, 0.3) is 11.4 Å². The number of carbonyl (C=O) groups excluding carboxylic acids is 1. The summed E-state index contributed by atoms with van der Waals surface area (Å²) in [6.45, 7) is 4.28. The number of hydrogen-bond acceptors (Lipinski definition) is 8. The van der Waals surface area contributed by atoms with Gasteiger partial charge in [0.15, 0.2) is 0 Å². The van der Waals surface area contributed by atoms with Gasteiger partial charge in [-0.15, -0.1) is 0 Å². The molecule has 1 saturated heterocycles. The molecule has 3 aromatic rings. The fourth-order valence-corrected chi connectivity index (χ4v) is 3.96. The lowest BCUT2D eigenvalue weighted by Crippen LogP contribution is -2.47. The SMILES string of the molecule is C[C@@H](Nc1nccc(N2C(=O)OC[C@@]2(C)C2CC2)n1)c1nc(-c2ccc(Cl)cc2)no1. The highest BCUT2D eigenvalue weighted by molar-refractivity contribution is 6.30. The van der Waals surface area contributed by atoms with Gasteiger partial charge in [0.25, 0.3) is 0 Å². The molecule has 2 fully saturated rings. The Morgan fingerprint density at radius 1 is 1.23 bits per heavy atom. The Morgan fingerprint density at radius 3 is 2.74 bits per heavy atom. The molecule has 5 rings (SSSR count). The average molecular weight is 441 g/mol. The Balaban J connectivity index is 1.34. The van der Waals surface area contributed by atoms with E-state index in [2.05, 4.69) is 25.4 Å². The highest BCUT2D eigenvalue weighted by Crippen LogP contribution is 2.47. The van der Waals surface area contributed by atoms with Gasteiger partial charge in [0.2, 0.25) is 17.7 Å². The van der Waals surface area contributed by atoms with Crippen LogP contribution in [-0.4, -0.2) is 38.3 Å². The van der Waals surface area contributed by atoms with Gasteiger partial charge in [-0.25, -0.2) is 9.78 Å². The predicted molar refractivity (Wildman–Crippen MR) is 114 cm³/mol. The first-order chi connectivity index (χ1) is 14.9. The van der Waals surface area contributed by atoms with Gasteiger partial charge in [0, 0.05) is 16.8 Å². The van der Waals surface area contributed by atoms with Crippen LogP contribution in [0.4, 0.5) is 16.6 Å². The summed E-state index contributed by atoms with van der Waals surface area (Å²) in [5.41, 5.74) is 0.422. The lowest BCUT2D eigenvalue weighted by molar-refractivity contribution is 0.172. The maximum Gasteiger partial charge on any atom is 0.416 e. The topological polar surface area (TPSA) is 106 Å². The van der Waals surface area contributed by atoms with Gasteiger partial charge in [-0.05, 0) is 62.9 Å². The van der Waals surface area contributed by atoms with Crippen LogP contribution >= 0.6 is 11.6 Å². The van der Waals surface area contributed by atoms with E-state index in [0.29, 0.717) is 41.0 Å². The molecule has 1 aliphatic carbocycles. The van der Waals surface area contributed by atoms with Crippen molar-refractivity contribution in [3.05, 3.63) is 47.4 Å². The van der Waals surface area contributed by atoms with Crippen molar-refractivity contribution in [3.8, 4) is 11.4 Å². The standard InChI is InChI=1S/C21H21ClN6O3/c1-12(18-26-17(27-31-18)13-3-7-15(22)8-4-13)24-19-23-10-9-16(25-19)28-20(29)30-11-21(28,2)14-5-6-14/h3-4,7-10,12,14H,5-6,11H2,1-2H3,(H,23,24,25)/t12-,21+/m1/s1. The summed E-state index contributed by atoms with van der Waals surface area (Å²) in [4.78, 5) is 27.3. The molecule has 0 spiro atoms. The molecule has 2 aliphatic rings. The van der Waals surface area contributed by atoms with Crippen LogP contribution in [-0.2, 0) is 4.74 Å². The van der Waals surface area contributed by atoms with Crippen molar-refractivity contribution >= 4 is 29.5 Å². The monoisotopic (exact) mass is 440 g/mol. The fraction of sp³-hybridized carbons (Fsp3) is 0.381. The maximum atomic E-state index is 12.4. The Kier molecular flexibility index (Phi) is 4.77. The number of cyclic esters (lactones) is 1. The summed E-state index contributed by atoms with van der Waals surface area (Å²) >= 11 is 5.93. The molecule has 3 heterocycles. The minimum Gasteiger partial charge on any atom is -0.447 e. The van der Waals surface area contributed by atoms with Crippen LogP contribution in [0, 0.1) is 5.92 Å². The summed E-state index contributed by atoms with van der Waals surface area (Å²) < 4.78 is 10.8. The number of aromatic nitrogens is 4. The van der Waals surface area contributed by atoms with Crippen molar-refractivity contribution in [2.45, 2.75) is 38.3 Å². The summed E-state index contributed by atoms with van der Waals surface area (Å²) in [6, 6.07) is 8.57. The van der Waals surface area contributed by atoms with Gasteiger partial charge in [-0.3, -0.25) is 4.90 Å². The minimum absolute atomic E-state index is 0.343. The third kappa shape index (κ3) is 3.69. The molecule has 2 aromatic heterocycles. The van der Waals surface area contributed by atoms with Crippen LogP contribution in [0.1, 0.15) is 38.6 Å². The molecule has 160 valence electrons. The van der Waals surface area contributed by atoms with Gasteiger partial charge in [-0.2, -0.15) is 9.97 Å². The van der Waals surface area contributed by atoms with Gasteiger partial charge < -0.3 is 14.6 Å². The summed E-state index contributed by atoms with van der Waals surface area (Å²) in [5, 5.41) is 7.84. The molecule has 1 aliphatic heterocycles. The number of ether oxygens (including phenoxy) is 1. The maximum absolute atomic E-state index is 12.4. The first kappa shape index (κ1) is 19.7. The predicted octanol–water partition coefficient (Wildman–Crippen LogP) is 4.48. The van der Waals surface area contributed by atoms with Gasteiger partial charge in [0.05, 0.1) is 5.54 Å². The molecule has 31 heavy (non-hydrogen) atoms. The van der Waals surface area contributed by atoms with E-state index in [1.165, 1.54) is 0 Å². The lowest BCUT2D eigenvalue weighted by Gasteiger charge is -2.31. The molecule has 0 radical (unpaired) electrons. The van der Waals surface area contributed by atoms with Gasteiger partial charge in [-0.1, -0.05) is 16.8 Å². The highest BCUT2D eigenvalue weighted by atomic mass is 35.5. The molecular weight excluding hydrogens is 420 g/mol. The molecule has 9 nitrogen and oxygen atoms in total.